The third-order valence-electron chi connectivity index (χ3n) is 12.0. The maximum atomic E-state index is 15.0. The number of aliphatic hydroxyl groups excluding tert-OH is 2. The fraction of sp³-hybridized carbons (Fsp3) is 0.667. The Morgan fingerprint density at radius 2 is 1.82 bits per heavy atom. The molecule has 0 radical (unpaired) electrons. The van der Waals surface area contributed by atoms with Crippen LogP contribution in [0, 0.1) is 40.8 Å². The number of nitrogens with zero attached hydrogens (tertiary/aromatic N) is 3. The van der Waals surface area contributed by atoms with Crippen LogP contribution in [0.4, 0.5) is 4.39 Å². The van der Waals surface area contributed by atoms with Crippen molar-refractivity contribution in [3.63, 3.8) is 0 Å². The highest BCUT2D eigenvalue weighted by Crippen LogP contribution is 2.61. The summed E-state index contributed by atoms with van der Waals surface area (Å²) in [5.74, 6) is 0.766. The highest BCUT2D eigenvalue weighted by Gasteiger charge is 2.57. The number of amides is 1. The largest absolute Gasteiger partial charge is 0.394 e. The van der Waals surface area contributed by atoms with Crippen molar-refractivity contribution in [2.24, 2.45) is 35.0 Å². The average Bonchev–Trinajstić information content (AvgIpc) is 3.40. The number of carbonyl (C=O) groups excluding carboxylic acids is 1. The van der Waals surface area contributed by atoms with Crippen molar-refractivity contribution in [1.29, 1.82) is 0 Å². The Balaban J connectivity index is 1.37. The van der Waals surface area contributed by atoms with Gasteiger partial charge in [0.1, 0.15) is 18.0 Å². The van der Waals surface area contributed by atoms with Crippen LogP contribution in [0.5, 0.6) is 0 Å². The zero-order valence-corrected chi connectivity index (χ0v) is 31.3. The van der Waals surface area contributed by atoms with Crippen molar-refractivity contribution < 1.29 is 24.2 Å². The summed E-state index contributed by atoms with van der Waals surface area (Å²) < 4.78 is 15.0. The molecule has 3 saturated carbocycles. The lowest BCUT2D eigenvalue weighted by Gasteiger charge is -2.62. The first-order chi connectivity index (χ1) is 23.1. The van der Waals surface area contributed by atoms with E-state index in [0.29, 0.717) is 59.3 Å². The molecule has 49 heavy (non-hydrogen) atoms. The van der Waals surface area contributed by atoms with Crippen LogP contribution in [0.2, 0.25) is 5.02 Å². The maximum Gasteiger partial charge on any atom is 0.240 e. The zero-order chi connectivity index (χ0) is 35.8. The molecular formula is C39H58ClFN4O4. The standard InChI is InChI=1S/C39H58ClFN4O4/c1-23(2)34(21-43(7)8)44(20-29-31(40)13-10-14-32(29)41)18-26-11-9-12-27(15-26)19-45-37(36(25(4)47)35(22-46)49-45)38(48)42-33-17-28-16-30(24(33)3)39(28,5)6/h9-15,23-25,28,30,33-37,46-47H,16-22H2,1-8H3,(H,42,48)/t24-,25-,28-,30+,33-,34+,35-,36+,37-/m0/s1. The third-order valence-corrected chi connectivity index (χ3v) is 12.3. The van der Waals surface area contributed by atoms with E-state index >= 15 is 4.39 Å². The molecule has 1 saturated heterocycles. The second-order valence-electron chi connectivity index (χ2n) is 16.2. The van der Waals surface area contributed by atoms with Gasteiger partial charge in [0.05, 0.1) is 19.3 Å². The molecule has 0 aromatic heterocycles. The first-order valence-corrected chi connectivity index (χ1v) is 18.4. The van der Waals surface area contributed by atoms with E-state index in [1.165, 1.54) is 12.5 Å². The van der Waals surface area contributed by atoms with Gasteiger partial charge in [-0.1, -0.05) is 76.6 Å². The summed E-state index contributed by atoms with van der Waals surface area (Å²) in [4.78, 5) is 24.8. The van der Waals surface area contributed by atoms with Gasteiger partial charge in [-0.15, -0.1) is 0 Å². The van der Waals surface area contributed by atoms with Crippen molar-refractivity contribution in [2.45, 2.75) is 104 Å². The summed E-state index contributed by atoms with van der Waals surface area (Å²) in [5.41, 5.74) is 2.76. The van der Waals surface area contributed by atoms with Crippen molar-refractivity contribution in [3.8, 4) is 0 Å². The van der Waals surface area contributed by atoms with Crippen LogP contribution in [-0.2, 0) is 29.3 Å². The average molecular weight is 701 g/mol. The molecule has 3 N–H and O–H groups in total. The van der Waals surface area contributed by atoms with Gasteiger partial charge in [0, 0.05) is 48.2 Å². The minimum absolute atomic E-state index is 0.0716. The number of hydrogen-bond donors (Lipinski definition) is 3. The summed E-state index contributed by atoms with van der Waals surface area (Å²) in [6.07, 6.45) is 0.614. The van der Waals surface area contributed by atoms with E-state index in [9.17, 15) is 15.0 Å². The second-order valence-corrected chi connectivity index (χ2v) is 16.6. The van der Waals surface area contributed by atoms with E-state index in [0.717, 1.165) is 24.1 Å². The van der Waals surface area contributed by atoms with Crippen LogP contribution in [0.3, 0.4) is 0 Å². The van der Waals surface area contributed by atoms with Crippen LogP contribution in [0.25, 0.3) is 0 Å². The number of hydrogen-bond acceptors (Lipinski definition) is 7. The smallest absolute Gasteiger partial charge is 0.240 e. The zero-order valence-electron chi connectivity index (χ0n) is 30.6. The Bertz CT molecular complexity index is 1420. The Morgan fingerprint density at radius 3 is 2.41 bits per heavy atom. The normalized spacial score (nSPS) is 29.3. The second kappa shape index (κ2) is 15.6. The van der Waals surface area contributed by atoms with Crippen LogP contribution < -0.4 is 5.32 Å². The Hall–Kier alpha value is -2.11. The van der Waals surface area contributed by atoms with Gasteiger partial charge in [0.15, 0.2) is 0 Å². The predicted octanol–water partition coefficient (Wildman–Crippen LogP) is 5.73. The summed E-state index contributed by atoms with van der Waals surface area (Å²) in [6, 6.07) is 12.4. The lowest BCUT2D eigenvalue weighted by Crippen LogP contribution is -2.62. The van der Waals surface area contributed by atoms with Gasteiger partial charge in [0.2, 0.25) is 5.91 Å². The number of nitrogens with one attached hydrogen (secondary N) is 1. The molecule has 4 aliphatic rings. The molecule has 0 spiro atoms. The van der Waals surface area contributed by atoms with Gasteiger partial charge in [-0.05, 0) is 86.2 Å². The summed E-state index contributed by atoms with van der Waals surface area (Å²) >= 11 is 6.51. The molecular weight excluding hydrogens is 643 g/mol. The Kier molecular flexibility index (Phi) is 12.2. The molecule has 1 aliphatic heterocycles. The van der Waals surface area contributed by atoms with Crippen LogP contribution >= 0.6 is 11.6 Å². The molecule has 2 aromatic rings. The highest BCUT2D eigenvalue weighted by atomic mass is 35.5. The number of aliphatic hydroxyl groups is 2. The number of fused-ring (bicyclic) bond motifs is 2. The first-order valence-electron chi connectivity index (χ1n) is 18.0. The van der Waals surface area contributed by atoms with Crippen LogP contribution in [0.15, 0.2) is 42.5 Å². The number of carbonyl (C=O) groups is 1. The lowest BCUT2D eigenvalue weighted by molar-refractivity contribution is -0.183. The van der Waals surface area contributed by atoms with Crippen molar-refractivity contribution in [3.05, 3.63) is 70.0 Å². The molecule has 8 nitrogen and oxygen atoms in total. The summed E-state index contributed by atoms with van der Waals surface area (Å²) in [5, 5.41) is 26.5. The topological polar surface area (TPSA) is 88.5 Å². The molecule has 0 unspecified atom stereocenters. The van der Waals surface area contributed by atoms with Gasteiger partial charge in [-0.25, -0.2) is 4.39 Å². The fourth-order valence-electron chi connectivity index (χ4n) is 9.02. The van der Waals surface area contributed by atoms with E-state index in [-0.39, 0.29) is 30.4 Å². The van der Waals surface area contributed by atoms with Crippen molar-refractivity contribution in [1.82, 2.24) is 20.2 Å². The molecule has 6 rings (SSSR count). The van der Waals surface area contributed by atoms with Gasteiger partial charge >= 0.3 is 0 Å². The van der Waals surface area contributed by atoms with Gasteiger partial charge in [0.25, 0.3) is 0 Å². The number of benzene rings is 2. The molecule has 3 aliphatic carbocycles. The predicted molar refractivity (Wildman–Crippen MR) is 192 cm³/mol. The minimum atomic E-state index is -0.858. The van der Waals surface area contributed by atoms with E-state index in [4.69, 9.17) is 16.4 Å². The molecule has 1 amide bonds. The van der Waals surface area contributed by atoms with E-state index < -0.39 is 24.2 Å². The molecule has 272 valence electrons. The third kappa shape index (κ3) is 8.19. The van der Waals surface area contributed by atoms with E-state index in [2.05, 4.69) is 61.9 Å². The van der Waals surface area contributed by atoms with Gasteiger partial charge < -0.3 is 20.4 Å². The molecule has 1 heterocycles. The van der Waals surface area contributed by atoms with Gasteiger partial charge in [-0.3, -0.25) is 14.5 Å². The SMILES string of the molecule is CC(C)[C@@H](CN(C)C)N(Cc1cccc(CN2O[C@@H](CO)[C@@H]([C@H](C)O)[C@H]2C(=O)N[C@H]2C[C@@H]3C[C@H]([C@@H]2C)C3(C)C)c1)Cc1c(F)cccc1Cl. The summed E-state index contributed by atoms with van der Waals surface area (Å²) in [6.45, 7) is 14.7. The highest BCUT2D eigenvalue weighted by molar-refractivity contribution is 6.31. The molecule has 2 bridgehead atoms. The maximum absolute atomic E-state index is 15.0. The minimum Gasteiger partial charge on any atom is -0.394 e. The monoisotopic (exact) mass is 700 g/mol. The van der Waals surface area contributed by atoms with Crippen molar-refractivity contribution >= 4 is 17.5 Å². The van der Waals surface area contributed by atoms with Crippen LogP contribution in [-0.4, -0.2) is 88.6 Å². The number of rotatable bonds is 14. The number of halogens is 2. The molecule has 10 heteroatoms. The fourth-order valence-corrected chi connectivity index (χ4v) is 9.25. The van der Waals surface area contributed by atoms with Crippen molar-refractivity contribution in [2.75, 3.05) is 27.2 Å². The number of likely N-dealkylation sites (N-methyl/N-ethyl adjacent to an activating group) is 1. The first kappa shape index (κ1) is 38.1. The van der Waals surface area contributed by atoms with E-state index in [1.807, 2.05) is 26.2 Å². The molecule has 2 aromatic carbocycles. The van der Waals surface area contributed by atoms with Crippen LogP contribution in [0.1, 0.15) is 71.1 Å². The lowest BCUT2D eigenvalue weighted by atomic mass is 9.45. The molecule has 9 atom stereocenters. The quantitative estimate of drug-likeness (QED) is 0.232. The van der Waals surface area contributed by atoms with Gasteiger partial charge in [-0.2, -0.15) is 5.06 Å². The van der Waals surface area contributed by atoms with E-state index in [1.54, 1.807) is 24.1 Å². The summed E-state index contributed by atoms with van der Waals surface area (Å²) in [7, 11) is 4.09. The number of hydroxylamine groups is 2. The molecule has 4 fully saturated rings. The Labute approximate surface area is 297 Å². The Morgan fingerprint density at radius 1 is 1.12 bits per heavy atom.